The van der Waals surface area contributed by atoms with Gasteiger partial charge < -0.3 is 10.3 Å². The van der Waals surface area contributed by atoms with Gasteiger partial charge >= 0.3 is 6.18 Å². The third-order valence-corrected chi connectivity index (χ3v) is 3.57. The Morgan fingerprint density at radius 3 is 2.58 bits per heavy atom. The molecule has 2 aromatic heterocycles. The van der Waals surface area contributed by atoms with Crippen LogP contribution in [0.1, 0.15) is 30.1 Å². The van der Waals surface area contributed by atoms with Gasteiger partial charge in [-0.15, -0.1) is 0 Å². The van der Waals surface area contributed by atoms with Crippen molar-refractivity contribution in [2.45, 2.75) is 24.9 Å². The Balaban J connectivity index is 1.96. The smallest absolute Gasteiger partial charge is 0.357 e. The second kappa shape index (κ2) is 4.52. The molecule has 19 heavy (non-hydrogen) atoms. The number of hydrogen-bond donors (Lipinski definition) is 2. The number of rotatable bonds is 1. The monoisotopic (exact) mass is 269 g/mol. The van der Waals surface area contributed by atoms with Crippen LogP contribution in [0, 0.1) is 0 Å². The fraction of sp³-hybridized carbons (Fsp3) is 0.462. The molecule has 0 amide bonds. The fourth-order valence-corrected chi connectivity index (χ4v) is 2.54. The minimum Gasteiger partial charge on any atom is -0.357 e. The van der Waals surface area contributed by atoms with E-state index in [1.54, 1.807) is 6.07 Å². The first-order valence-electron chi connectivity index (χ1n) is 6.31. The lowest BCUT2D eigenvalue weighted by Crippen LogP contribution is -2.26. The molecule has 102 valence electrons. The standard InChI is InChI=1S/C13H14F3N3/c14-13(15,16)12-2-1-9-11(19-12)7-10(18-9)8-3-5-17-6-4-8/h1-2,7-8,17-18H,3-6H2. The summed E-state index contributed by atoms with van der Waals surface area (Å²) in [6.07, 6.45) is -2.39. The first-order chi connectivity index (χ1) is 9.04. The van der Waals surface area contributed by atoms with E-state index >= 15 is 0 Å². The molecule has 0 radical (unpaired) electrons. The molecule has 3 nitrogen and oxygen atoms in total. The average Bonchev–Trinajstić information content (AvgIpc) is 2.81. The molecule has 0 saturated carbocycles. The quantitative estimate of drug-likeness (QED) is 0.835. The highest BCUT2D eigenvalue weighted by Gasteiger charge is 2.32. The molecule has 3 rings (SSSR count). The van der Waals surface area contributed by atoms with Gasteiger partial charge in [-0.05, 0) is 44.1 Å². The third kappa shape index (κ3) is 2.45. The molecule has 0 unspecified atom stereocenters. The van der Waals surface area contributed by atoms with Crippen molar-refractivity contribution < 1.29 is 13.2 Å². The Labute approximate surface area is 108 Å². The maximum atomic E-state index is 12.6. The highest BCUT2D eigenvalue weighted by Crippen LogP contribution is 2.31. The number of piperidine rings is 1. The zero-order valence-corrected chi connectivity index (χ0v) is 10.2. The van der Waals surface area contributed by atoms with Crippen LogP contribution in [0.15, 0.2) is 18.2 Å². The van der Waals surface area contributed by atoms with Crippen LogP contribution in [-0.2, 0) is 6.18 Å². The van der Waals surface area contributed by atoms with Crippen LogP contribution in [0.2, 0.25) is 0 Å². The molecular weight excluding hydrogens is 255 g/mol. The number of fused-ring (bicyclic) bond motifs is 1. The molecule has 1 aliphatic rings. The lowest BCUT2D eigenvalue weighted by molar-refractivity contribution is -0.140. The number of H-pyrrole nitrogens is 1. The Bertz CT molecular complexity index is 582. The fourth-order valence-electron chi connectivity index (χ4n) is 2.54. The van der Waals surface area contributed by atoms with Crippen molar-refractivity contribution in [3.63, 3.8) is 0 Å². The predicted octanol–water partition coefficient (Wildman–Crippen LogP) is 3.05. The van der Waals surface area contributed by atoms with E-state index in [2.05, 4.69) is 15.3 Å². The zero-order valence-electron chi connectivity index (χ0n) is 10.2. The van der Waals surface area contributed by atoms with E-state index in [0.717, 1.165) is 37.7 Å². The number of nitrogens with one attached hydrogen (secondary N) is 2. The van der Waals surface area contributed by atoms with Gasteiger partial charge in [-0.25, -0.2) is 4.98 Å². The number of alkyl halides is 3. The zero-order chi connectivity index (χ0) is 13.5. The van der Waals surface area contributed by atoms with Gasteiger partial charge in [-0.3, -0.25) is 0 Å². The molecule has 2 aromatic rings. The number of nitrogens with zero attached hydrogens (tertiary/aromatic N) is 1. The molecule has 0 spiro atoms. The third-order valence-electron chi connectivity index (χ3n) is 3.57. The Morgan fingerprint density at radius 2 is 1.89 bits per heavy atom. The van der Waals surface area contributed by atoms with Gasteiger partial charge in [0.15, 0.2) is 0 Å². The molecule has 0 bridgehead atoms. The highest BCUT2D eigenvalue weighted by atomic mass is 19.4. The van der Waals surface area contributed by atoms with Crippen molar-refractivity contribution in [1.29, 1.82) is 0 Å². The molecule has 6 heteroatoms. The van der Waals surface area contributed by atoms with E-state index in [4.69, 9.17) is 0 Å². The van der Waals surface area contributed by atoms with Crippen molar-refractivity contribution in [2.24, 2.45) is 0 Å². The van der Waals surface area contributed by atoms with Gasteiger partial charge in [0.1, 0.15) is 5.69 Å². The largest absolute Gasteiger partial charge is 0.433 e. The average molecular weight is 269 g/mol. The van der Waals surface area contributed by atoms with Gasteiger partial charge in [-0.1, -0.05) is 0 Å². The summed E-state index contributed by atoms with van der Waals surface area (Å²) in [6, 6.07) is 4.22. The summed E-state index contributed by atoms with van der Waals surface area (Å²) in [5.41, 5.74) is 1.21. The number of halogens is 3. The lowest BCUT2D eigenvalue weighted by Gasteiger charge is -2.21. The molecule has 1 fully saturated rings. The van der Waals surface area contributed by atoms with E-state index < -0.39 is 11.9 Å². The molecule has 0 aliphatic carbocycles. The van der Waals surface area contributed by atoms with E-state index in [-0.39, 0.29) is 0 Å². The summed E-state index contributed by atoms with van der Waals surface area (Å²) in [7, 11) is 0. The molecule has 1 aliphatic heterocycles. The minimum atomic E-state index is -4.39. The maximum Gasteiger partial charge on any atom is 0.433 e. The van der Waals surface area contributed by atoms with Crippen molar-refractivity contribution in [3.05, 3.63) is 29.6 Å². The summed E-state index contributed by atoms with van der Waals surface area (Å²) < 4.78 is 37.8. The first kappa shape index (κ1) is 12.5. The van der Waals surface area contributed by atoms with Gasteiger partial charge in [-0.2, -0.15) is 13.2 Å². The van der Waals surface area contributed by atoms with Crippen LogP contribution in [0.3, 0.4) is 0 Å². The van der Waals surface area contributed by atoms with Crippen LogP contribution < -0.4 is 5.32 Å². The number of aromatic nitrogens is 2. The summed E-state index contributed by atoms with van der Waals surface area (Å²) in [6.45, 7) is 1.89. The molecule has 3 heterocycles. The predicted molar refractivity (Wildman–Crippen MR) is 65.9 cm³/mol. The van der Waals surface area contributed by atoms with Gasteiger partial charge in [0, 0.05) is 11.6 Å². The van der Waals surface area contributed by atoms with E-state index in [1.165, 1.54) is 6.07 Å². The lowest BCUT2D eigenvalue weighted by atomic mass is 9.95. The van der Waals surface area contributed by atoms with Gasteiger partial charge in [0.05, 0.1) is 11.0 Å². The number of aromatic amines is 1. The summed E-state index contributed by atoms with van der Waals surface area (Å²) in [5.74, 6) is 0.379. The second-order valence-electron chi connectivity index (χ2n) is 4.88. The van der Waals surface area contributed by atoms with Gasteiger partial charge in [0.25, 0.3) is 0 Å². The molecular formula is C13H14F3N3. The molecule has 0 atom stereocenters. The van der Waals surface area contributed by atoms with Crippen molar-refractivity contribution in [1.82, 2.24) is 15.3 Å². The van der Waals surface area contributed by atoms with E-state index in [9.17, 15) is 13.2 Å². The number of pyridine rings is 1. The first-order valence-corrected chi connectivity index (χ1v) is 6.31. The van der Waals surface area contributed by atoms with Crippen LogP contribution in [0.4, 0.5) is 13.2 Å². The Morgan fingerprint density at radius 1 is 1.16 bits per heavy atom. The van der Waals surface area contributed by atoms with E-state index in [1.807, 2.05) is 0 Å². The van der Waals surface area contributed by atoms with Crippen LogP contribution in [0.25, 0.3) is 11.0 Å². The maximum absolute atomic E-state index is 12.6. The summed E-state index contributed by atoms with van der Waals surface area (Å²) >= 11 is 0. The SMILES string of the molecule is FC(F)(F)c1ccc2[nH]c(C3CCNCC3)cc2n1. The van der Waals surface area contributed by atoms with Crippen LogP contribution in [-0.4, -0.2) is 23.1 Å². The Hall–Kier alpha value is -1.56. The number of hydrogen-bond acceptors (Lipinski definition) is 2. The van der Waals surface area contributed by atoms with Crippen LogP contribution in [0.5, 0.6) is 0 Å². The Kier molecular flexibility index (Phi) is 2.97. The van der Waals surface area contributed by atoms with Crippen molar-refractivity contribution >= 4 is 11.0 Å². The highest BCUT2D eigenvalue weighted by molar-refractivity contribution is 5.76. The summed E-state index contributed by atoms with van der Waals surface area (Å²) in [4.78, 5) is 6.88. The second-order valence-corrected chi connectivity index (χ2v) is 4.88. The molecule has 2 N–H and O–H groups in total. The van der Waals surface area contributed by atoms with Crippen LogP contribution >= 0.6 is 0 Å². The molecule has 1 saturated heterocycles. The summed E-state index contributed by atoms with van der Waals surface area (Å²) in [5, 5.41) is 3.27. The normalized spacial score (nSPS) is 18.1. The van der Waals surface area contributed by atoms with Crippen molar-refractivity contribution in [3.8, 4) is 0 Å². The van der Waals surface area contributed by atoms with Crippen molar-refractivity contribution in [2.75, 3.05) is 13.1 Å². The van der Waals surface area contributed by atoms with Gasteiger partial charge in [0.2, 0.25) is 0 Å². The molecule has 0 aromatic carbocycles. The van der Waals surface area contributed by atoms with E-state index in [0.29, 0.717) is 17.0 Å². The minimum absolute atomic E-state index is 0.379. The topological polar surface area (TPSA) is 40.7 Å².